The molecule has 0 aromatic carbocycles. The molecule has 0 fully saturated rings. The number of amides is 1. The van der Waals surface area contributed by atoms with Crippen LogP contribution in [0.25, 0.3) is 0 Å². The summed E-state index contributed by atoms with van der Waals surface area (Å²) in [7, 11) is 1.77. The van der Waals surface area contributed by atoms with Crippen molar-refractivity contribution >= 4 is 5.91 Å². The highest BCUT2D eigenvalue weighted by molar-refractivity contribution is 5.71. The Labute approximate surface area is 50.3 Å². The van der Waals surface area contributed by atoms with Crippen molar-refractivity contribution in [1.29, 1.82) is 0 Å². The molecule has 0 saturated carbocycles. The quantitative estimate of drug-likeness (QED) is 0.465. The summed E-state index contributed by atoms with van der Waals surface area (Å²) < 4.78 is 0. The van der Waals surface area contributed by atoms with Gasteiger partial charge in [-0.1, -0.05) is 0 Å². The van der Waals surface area contributed by atoms with Crippen molar-refractivity contribution in [3.63, 3.8) is 0 Å². The predicted molar refractivity (Wildman–Crippen MR) is 32.3 cm³/mol. The van der Waals surface area contributed by atoms with E-state index < -0.39 is 0 Å². The van der Waals surface area contributed by atoms with E-state index in [0.717, 1.165) is 0 Å². The molecular formula is C6H14NO+. The Morgan fingerprint density at radius 1 is 1.38 bits per heavy atom. The van der Waals surface area contributed by atoms with Gasteiger partial charge < -0.3 is 0 Å². The molecule has 2 N–H and O–H groups in total. The molecule has 0 aliphatic heterocycles. The Morgan fingerprint density at radius 3 is 1.75 bits per heavy atom. The summed E-state index contributed by atoms with van der Waals surface area (Å²) in [6.07, 6.45) is 0. The molecule has 0 aliphatic rings. The summed E-state index contributed by atoms with van der Waals surface area (Å²) in [5.74, 6) is 0.206. The largest absolute Gasteiger partial charge is 0.315 e. The second kappa shape index (κ2) is 2.27. The van der Waals surface area contributed by atoms with Gasteiger partial charge >= 0.3 is 5.91 Å². The van der Waals surface area contributed by atoms with Crippen LogP contribution in [0.3, 0.4) is 0 Å². The van der Waals surface area contributed by atoms with Gasteiger partial charge in [0.15, 0.2) is 0 Å². The van der Waals surface area contributed by atoms with Crippen molar-refractivity contribution in [3.8, 4) is 0 Å². The zero-order chi connectivity index (χ0) is 6.78. The van der Waals surface area contributed by atoms with Crippen LogP contribution in [0, 0.1) is 5.41 Å². The van der Waals surface area contributed by atoms with E-state index in [1.165, 1.54) is 0 Å². The Morgan fingerprint density at radius 2 is 1.75 bits per heavy atom. The fourth-order valence-corrected chi connectivity index (χ4v) is 0.433. The number of quaternary nitrogens is 1. The first-order valence-electron chi connectivity index (χ1n) is 2.82. The number of carbonyl (C=O) groups excluding carboxylic acids is 1. The van der Waals surface area contributed by atoms with Crippen LogP contribution in [0.4, 0.5) is 0 Å². The van der Waals surface area contributed by atoms with Crippen molar-refractivity contribution in [2.24, 2.45) is 5.41 Å². The summed E-state index contributed by atoms with van der Waals surface area (Å²) in [6.45, 7) is 5.74. The van der Waals surface area contributed by atoms with Gasteiger partial charge in [-0.25, -0.2) is 4.79 Å². The Balaban J connectivity index is 3.82. The molecule has 48 valence electrons. The van der Waals surface area contributed by atoms with Crippen LogP contribution in [-0.2, 0) is 4.79 Å². The molecule has 1 amide bonds. The highest BCUT2D eigenvalue weighted by Gasteiger charge is 2.23. The third-order valence-corrected chi connectivity index (χ3v) is 1.00. The summed E-state index contributed by atoms with van der Waals surface area (Å²) >= 11 is 0. The van der Waals surface area contributed by atoms with E-state index in [1.807, 2.05) is 20.8 Å². The van der Waals surface area contributed by atoms with Gasteiger partial charge in [0.25, 0.3) is 0 Å². The molecule has 0 aromatic heterocycles. The van der Waals surface area contributed by atoms with Crippen molar-refractivity contribution in [3.05, 3.63) is 0 Å². The van der Waals surface area contributed by atoms with Crippen LogP contribution in [0.15, 0.2) is 0 Å². The van der Waals surface area contributed by atoms with Crippen molar-refractivity contribution in [2.45, 2.75) is 20.8 Å². The van der Waals surface area contributed by atoms with E-state index in [1.54, 1.807) is 12.4 Å². The number of hydrogen-bond acceptors (Lipinski definition) is 1. The SMILES string of the molecule is C[NH2+]C(=O)C(C)(C)C. The van der Waals surface area contributed by atoms with E-state index in [9.17, 15) is 4.79 Å². The lowest BCUT2D eigenvalue weighted by Crippen LogP contribution is -2.86. The molecule has 0 spiro atoms. The molecule has 8 heavy (non-hydrogen) atoms. The van der Waals surface area contributed by atoms with Gasteiger partial charge in [-0.2, -0.15) is 0 Å². The summed E-state index contributed by atoms with van der Waals surface area (Å²) in [5, 5.41) is 1.61. The second-order valence-electron chi connectivity index (χ2n) is 2.90. The molecule has 2 heteroatoms. The van der Waals surface area contributed by atoms with Gasteiger partial charge in [-0.3, -0.25) is 5.32 Å². The second-order valence-corrected chi connectivity index (χ2v) is 2.90. The van der Waals surface area contributed by atoms with Crippen molar-refractivity contribution in [2.75, 3.05) is 7.05 Å². The van der Waals surface area contributed by atoms with E-state index in [4.69, 9.17) is 0 Å². The van der Waals surface area contributed by atoms with Crippen molar-refractivity contribution < 1.29 is 10.1 Å². The number of rotatable bonds is 0. The first-order valence-corrected chi connectivity index (χ1v) is 2.82. The molecule has 0 unspecified atom stereocenters. The van der Waals surface area contributed by atoms with Crippen LogP contribution < -0.4 is 5.32 Å². The van der Waals surface area contributed by atoms with Gasteiger partial charge in [-0.15, -0.1) is 0 Å². The molecule has 0 rings (SSSR count). The van der Waals surface area contributed by atoms with Crippen LogP contribution in [0.5, 0.6) is 0 Å². The number of hydrogen-bond donors (Lipinski definition) is 1. The average molecular weight is 116 g/mol. The standard InChI is InChI=1S/C6H13NO/c1-6(2,3)5(8)7-4/h1-4H3,(H,7,8)/p+1. The van der Waals surface area contributed by atoms with Crippen molar-refractivity contribution in [1.82, 2.24) is 0 Å². The fraction of sp³-hybridized carbons (Fsp3) is 0.833. The van der Waals surface area contributed by atoms with E-state index >= 15 is 0 Å². The molecule has 0 radical (unpaired) electrons. The van der Waals surface area contributed by atoms with Crippen LogP contribution in [-0.4, -0.2) is 13.0 Å². The van der Waals surface area contributed by atoms with Gasteiger partial charge in [0.1, 0.15) is 0 Å². The van der Waals surface area contributed by atoms with Gasteiger partial charge in [0.2, 0.25) is 0 Å². The number of nitrogens with two attached hydrogens (primary N) is 1. The molecular weight excluding hydrogens is 102 g/mol. The Bertz CT molecular complexity index is 91.2. The van der Waals surface area contributed by atoms with Crippen LogP contribution >= 0.6 is 0 Å². The average Bonchev–Trinajstić information content (AvgIpc) is 1.62. The minimum absolute atomic E-state index is 0.186. The van der Waals surface area contributed by atoms with E-state index in [0.29, 0.717) is 0 Å². The normalized spacial score (nSPS) is 11.5. The monoisotopic (exact) mass is 116 g/mol. The first kappa shape index (κ1) is 7.63. The van der Waals surface area contributed by atoms with Gasteiger partial charge in [-0.05, 0) is 20.8 Å². The topological polar surface area (TPSA) is 33.7 Å². The first-order chi connectivity index (χ1) is 3.48. The molecule has 0 aromatic rings. The highest BCUT2D eigenvalue weighted by Crippen LogP contribution is 2.09. The number of carbonyl (C=O) groups is 1. The third-order valence-electron chi connectivity index (χ3n) is 1.00. The fourth-order valence-electron chi connectivity index (χ4n) is 0.433. The molecule has 2 nitrogen and oxygen atoms in total. The minimum Gasteiger partial charge on any atom is -0.285 e. The smallest absolute Gasteiger partial charge is 0.285 e. The van der Waals surface area contributed by atoms with Gasteiger partial charge in [0, 0.05) is 0 Å². The van der Waals surface area contributed by atoms with Crippen LogP contribution in [0.2, 0.25) is 0 Å². The maximum absolute atomic E-state index is 10.8. The summed E-state index contributed by atoms with van der Waals surface area (Å²) in [6, 6.07) is 0. The van der Waals surface area contributed by atoms with Gasteiger partial charge in [0.05, 0.1) is 12.5 Å². The predicted octanol–water partition coefficient (Wildman–Crippen LogP) is -0.248. The minimum atomic E-state index is -0.186. The maximum Gasteiger partial charge on any atom is 0.315 e. The lowest BCUT2D eigenvalue weighted by Gasteiger charge is -2.10. The summed E-state index contributed by atoms with van der Waals surface area (Å²) in [4.78, 5) is 10.8. The van der Waals surface area contributed by atoms with Crippen LogP contribution in [0.1, 0.15) is 20.8 Å². The maximum atomic E-state index is 10.8. The highest BCUT2D eigenvalue weighted by atomic mass is 16.2. The summed E-state index contributed by atoms with van der Waals surface area (Å²) in [5.41, 5.74) is -0.186. The Hall–Kier alpha value is -0.370. The molecule has 0 bridgehead atoms. The number of primary amides is 1. The molecule has 0 saturated heterocycles. The lowest BCUT2D eigenvalue weighted by molar-refractivity contribution is -0.545. The molecule has 0 aliphatic carbocycles. The third kappa shape index (κ3) is 2.07. The zero-order valence-corrected chi connectivity index (χ0v) is 5.99. The van der Waals surface area contributed by atoms with E-state index in [2.05, 4.69) is 0 Å². The Kier molecular flexibility index (Phi) is 2.16. The lowest BCUT2D eigenvalue weighted by atomic mass is 9.96. The van der Waals surface area contributed by atoms with E-state index in [-0.39, 0.29) is 11.3 Å². The zero-order valence-electron chi connectivity index (χ0n) is 5.99. The molecule has 0 heterocycles. The molecule has 0 atom stereocenters.